The molecule has 0 spiro atoms. The van der Waals surface area contributed by atoms with Crippen molar-refractivity contribution in [1.29, 1.82) is 0 Å². The van der Waals surface area contributed by atoms with Gasteiger partial charge < -0.3 is 15.3 Å². The van der Waals surface area contributed by atoms with Gasteiger partial charge in [-0.1, -0.05) is 12.1 Å². The van der Waals surface area contributed by atoms with Crippen molar-refractivity contribution in [1.82, 2.24) is 14.8 Å². The van der Waals surface area contributed by atoms with E-state index in [0.717, 1.165) is 38.3 Å². The molecule has 0 atom stereocenters. The first-order valence-electron chi connectivity index (χ1n) is 8.52. The van der Waals surface area contributed by atoms with E-state index in [1.165, 1.54) is 18.3 Å². The number of likely N-dealkylation sites (N-methyl/N-ethyl adjacent to an activating group) is 1. The fraction of sp³-hybridized carbons (Fsp3) is 0.316. The van der Waals surface area contributed by atoms with Gasteiger partial charge in [-0.05, 0) is 36.9 Å². The molecule has 7 heteroatoms. The number of aromatic nitrogens is 1. The predicted octanol–water partition coefficient (Wildman–Crippen LogP) is 1.78. The van der Waals surface area contributed by atoms with Gasteiger partial charge in [-0.2, -0.15) is 0 Å². The standard InChI is InChI=1S/C19H22N4O3/c1-22-7-9-23(10-8-22)13-14-3-2-4-16(11-14)21-18(24)17-6-5-15(12-20-17)19(25)26/h2-6,11-12H,7-10,13H2,1H3,(H,21,24)(H,25,26). The van der Waals surface area contributed by atoms with Crippen molar-refractivity contribution in [2.45, 2.75) is 6.54 Å². The molecule has 0 unspecified atom stereocenters. The van der Waals surface area contributed by atoms with Crippen LogP contribution in [0.1, 0.15) is 26.4 Å². The monoisotopic (exact) mass is 354 g/mol. The zero-order chi connectivity index (χ0) is 18.5. The van der Waals surface area contributed by atoms with Gasteiger partial charge in [-0.15, -0.1) is 0 Å². The second kappa shape index (κ2) is 8.07. The number of amides is 1. The highest BCUT2D eigenvalue weighted by atomic mass is 16.4. The summed E-state index contributed by atoms with van der Waals surface area (Å²) in [7, 11) is 2.13. The lowest BCUT2D eigenvalue weighted by atomic mass is 10.1. The number of rotatable bonds is 5. The Labute approximate surface area is 152 Å². The largest absolute Gasteiger partial charge is 0.478 e. The maximum Gasteiger partial charge on any atom is 0.337 e. The van der Waals surface area contributed by atoms with Crippen molar-refractivity contribution in [3.05, 3.63) is 59.4 Å². The van der Waals surface area contributed by atoms with E-state index in [1.807, 2.05) is 24.3 Å². The molecule has 136 valence electrons. The van der Waals surface area contributed by atoms with Crippen LogP contribution < -0.4 is 5.32 Å². The molecule has 1 aromatic carbocycles. The van der Waals surface area contributed by atoms with Crippen LogP contribution in [-0.2, 0) is 6.54 Å². The molecule has 1 amide bonds. The third kappa shape index (κ3) is 4.65. The van der Waals surface area contributed by atoms with E-state index in [1.54, 1.807) is 0 Å². The van der Waals surface area contributed by atoms with Gasteiger partial charge in [0.25, 0.3) is 5.91 Å². The maximum absolute atomic E-state index is 12.3. The lowest BCUT2D eigenvalue weighted by Crippen LogP contribution is -2.43. The number of aromatic carboxylic acids is 1. The molecular formula is C19H22N4O3. The highest BCUT2D eigenvalue weighted by molar-refractivity contribution is 6.03. The molecule has 1 aliphatic rings. The first kappa shape index (κ1) is 18.0. The summed E-state index contributed by atoms with van der Waals surface area (Å²) >= 11 is 0. The van der Waals surface area contributed by atoms with Gasteiger partial charge in [0.2, 0.25) is 0 Å². The number of carbonyl (C=O) groups is 2. The third-order valence-corrected chi connectivity index (χ3v) is 4.43. The van der Waals surface area contributed by atoms with E-state index in [9.17, 15) is 9.59 Å². The Hall–Kier alpha value is -2.77. The van der Waals surface area contributed by atoms with Gasteiger partial charge in [0.15, 0.2) is 0 Å². The van der Waals surface area contributed by atoms with Crippen molar-refractivity contribution in [2.75, 3.05) is 38.5 Å². The summed E-state index contributed by atoms with van der Waals surface area (Å²) in [6.45, 7) is 5.05. The van der Waals surface area contributed by atoms with E-state index >= 15 is 0 Å². The zero-order valence-electron chi connectivity index (χ0n) is 14.7. The summed E-state index contributed by atoms with van der Waals surface area (Å²) in [5, 5.41) is 11.7. The van der Waals surface area contributed by atoms with Gasteiger partial charge in [0, 0.05) is 44.6 Å². The molecule has 2 aromatic rings. The molecule has 0 bridgehead atoms. The van der Waals surface area contributed by atoms with Crippen LogP contribution in [0.3, 0.4) is 0 Å². The molecule has 2 heterocycles. The smallest absolute Gasteiger partial charge is 0.337 e. The second-order valence-electron chi connectivity index (χ2n) is 6.47. The number of nitrogens with zero attached hydrogens (tertiary/aromatic N) is 3. The average molecular weight is 354 g/mol. The van der Waals surface area contributed by atoms with E-state index in [4.69, 9.17) is 5.11 Å². The quantitative estimate of drug-likeness (QED) is 0.851. The van der Waals surface area contributed by atoms with Crippen LogP contribution in [0.4, 0.5) is 5.69 Å². The Morgan fingerprint density at radius 1 is 1.15 bits per heavy atom. The zero-order valence-corrected chi connectivity index (χ0v) is 14.7. The number of carbonyl (C=O) groups excluding carboxylic acids is 1. The van der Waals surface area contributed by atoms with Crippen LogP contribution in [0.5, 0.6) is 0 Å². The van der Waals surface area contributed by atoms with Crippen molar-refractivity contribution in [2.24, 2.45) is 0 Å². The molecule has 1 fully saturated rings. The first-order chi connectivity index (χ1) is 12.5. The van der Waals surface area contributed by atoms with Gasteiger partial charge >= 0.3 is 5.97 Å². The van der Waals surface area contributed by atoms with Crippen LogP contribution in [0.2, 0.25) is 0 Å². The van der Waals surface area contributed by atoms with Crippen molar-refractivity contribution in [3.63, 3.8) is 0 Å². The van der Waals surface area contributed by atoms with Crippen LogP contribution in [0.15, 0.2) is 42.6 Å². The SMILES string of the molecule is CN1CCN(Cc2cccc(NC(=O)c3ccc(C(=O)O)cn3)c2)CC1. The summed E-state index contributed by atoms with van der Waals surface area (Å²) in [4.78, 5) is 31.8. The van der Waals surface area contributed by atoms with E-state index in [2.05, 4.69) is 27.1 Å². The van der Waals surface area contributed by atoms with Gasteiger partial charge in [0.05, 0.1) is 5.56 Å². The molecule has 0 saturated carbocycles. The minimum Gasteiger partial charge on any atom is -0.478 e. The molecule has 0 aliphatic carbocycles. The number of piperazine rings is 1. The van der Waals surface area contributed by atoms with E-state index < -0.39 is 5.97 Å². The Morgan fingerprint density at radius 3 is 2.58 bits per heavy atom. The summed E-state index contributed by atoms with van der Waals surface area (Å²) in [5.74, 6) is -1.43. The van der Waals surface area contributed by atoms with Crippen LogP contribution in [0.25, 0.3) is 0 Å². The predicted molar refractivity (Wildman–Crippen MR) is 98.4 cm³/mol. The Balaban J connectivity index is 1.62. The number of benzene rings is 1. The molecule has 1 saturated heterocycles. The lowest BCUT2D eigenvalue weighted by molar-refractivity contribution is 0.0696. The average Bonchev–Trinajstić information content (AvgIpc) is 2.64. The van der Waals surface area contributed by atoms with E-state index in [0.29, 0.717) is 5.69 Å². The van der Waals surface area contributed by atoms with Crippen molar-refractivity contribution in [3.8, 4) is 0 Å². The molecular weight excluding hydrogens is 332 g/mol. The number of pyridine rings is 1. The normalized spacial score (nSPS) is 15.6. The molecule has 26 heavy (non-hydrogen) atoms. The number of nitrogens with one attached hydrogen (secondary N) is 1. The number of hydrogen-bond acceptors (Lipinski definition) is 5. The number of hydrogen-bond donors (Lipinski definition) is 2. The molecule has 3 rings (SSSR count). The summed E-state index contributed by atoms with van der Waals surface area (Å²) < 4.78 is 0. The van der Waals surface area contributed by atoms with E-state index in [-0.39, 0.29) is 17.2 Å². The summed E-state index contributed by atoms with van der Waals surface area (Å²) in [6.07, 6.45) is 1.18. The minimum atomic E-state index is -1.07. The minimum absolute atomic E-state index is 0.0516. The number of anilines is 1. The highest BCUT2D eigenvalue weighted by Gasteiger charge is 2.14. The van der Waals surface area contributed by atoms with Crippen LogP contribution in [-0.4, -0.2) is 65.0 Å². The topological polar surface area (TPSA) is 85.8 Å². The number of carboxylic acids is 1. The third-order valence-electron chi connectivity index (χ3n) is 4.43. The Bertz CT molecular complexity index is 784. The van der Waals surface area contributed by atoms with Gasteiger partial charge in [0.1, 0.15) is 5.69 Å². The molecule has 7 nitrogen and oxygen atoms in total. The highest BCUT2D eigenvalue weighted by Crippen LogP contribution is 2.15. The maximum atomic E-state index is 12.3. The van der Waals surface area contributed by atoms with Gasteiger partial charge in [-0.25, -0.2) is 4.79 Å². The first-order valence-corrected chi connectivity index (χ1v) is 8.52. The number of carboxylic acid groups (broad SMARTS) is 1. The molecule has 1 aromatic heterocycles. The summed E-state index contributed by atoms with van der Waals surface area (Å²) in [6, 6.07) is 10.5. The fourth-order valence-corrected chi connectivity index (χ4v) is 2.86. The van der Waals surface area contributed by atoms with Crippen LogP contribution >= 0.6 is 0 Å². The Morgan fingerprint density at radius 2 is 1.92 bits per heavy atom. The molecule has 1 aliphatic heterocycles. The molecule has 2 N–H and O–H groups in total. The summed E-state index contributed by atoms with van der Waals surface area (Å²) in [5.41, 5.74) is 2.07. The van der Waals surface area contributed by atoms with Gasteiger partial charge in [-0.3, -0.25) is 14.7 Å². The molecule has 0 radical (unpaired) electrons. The van der Waals surface area contributed by atoms with Crippen molar-refractivity contribution < 1.29 is 14.7 Å². The Kier molecular flexibility index (Phi) is 5.60. The second-order valence-corrected chi connectivity index (χ2v) is 6.47. The lowest BCUT2D eigenvalue weighted by Gasteiger charge is -2.32. The fourth-order valence-electron chi connectivity index (χ4n) is 2.86. The van der Waals surface area contributed by atoms with Crippen LogP contribution in [0, 0.1) is 0 Å². The van der Waals surface area contributed by atoms with Crippen molar-refractivity contribution >= 4 is 17.6 Å².